The normalized spacial score (nSPS) is 16.7. The number of aromatic nitrogens is 6. The number of para-hydroxylation sites is 1. The van der Waals surface area contributed by atoms with Gasteiger partial charge in [0, 0.05) is 36.3 Å². The Morgan fingerprint density at radius 1 is 1.11 bits per heavy atom. The summed E-state index contributed by atoms with van der Waals surface area (Å²) < 4.78 is 4.68. The van der Waals surface area contributed by atoms with Crippen molar-refractivity contribution in [2.45, 2.75) is 72.1 Å². The molecule has 10 heteroatoms. The summed E-state index contributed by atoms with van der Waals surface area (Å²) in [6.07, 6.45) is 1.87. The molecule has 1 aliphatic heterocycles. The molecule has 0 amide bonds. The van der Waals surface area contributed by atoms with Crippen molar-refractivity contribution in [2.75, 3.05) is 18.0 Å². The summed E-state index contributed by atoms with van der Waals surface area (Å²) >= 11 is 0. The second kappa shape index (κ2) is 10.1. The standard InChI is InChI=1S/C28H34N8O2/c1-6-7-15-34-23-25(32-27(34)33-14-10-11-20(29)16-33)35(17(2)3)28(38)36(26(23)37)19(5)24-30-18(4)21-12-8-9-13-22(21)31-24/h8-9,12-13,17,19-20H,10-11,14-16,29H2,1-5H3/t19?,20-/m1/s1. The van der Waals surface area contributed by atoms with E-state index < -0.39 is 17.3 Å². The second-order valence-corrected chi connectivity index (χ2v) is 10.2. The molecule has 1 aromatic carbocycles. The summed E-state index contributed by atoms with van der Waals surface area (Å²) in [5, 5.41) is 0.937. The number of anilines is 1. The third-order valence-electron chi connectivity index (χ3n) is 7.23. The molecule has 5 rings (SSSR count). The number of piperidine rings is 1. The summed E-state index contributed by atoms with van der Waals surface area (Å²) in [7, 11) is 0. The summed E-state index contributed by atoms with van der Waals surface area (Å²) in [5.74, 6) is 7.04. The number of fused-ring (bicyclic) bond motifs is 2. The maximum atomic E-state index is 14.2. The summed E-state index contributed by atoms with van der Waals surface area (Å²) in [6, 6.07) is 6.81. The largest absolute Gasteiger partial charge is 0.341 e. The molecule has 1 fully saturated rings. The van der Waals surface area contributed by atoms with Crippen molar-refractivity contribution >= 4 is 28.0 Å². The molecule has 0 saturated carbocycles. The SMILES string of the molecule is CC#CCn1c(N2CCC[C@@H](N)C2)nc2c1c(=O)n(C(C)c1nc(C)c3ccccc3n1)c(=O)n2C(C)C. The molecule has 0 radical (unpaired) electrons. The fraction of sp³-hybridized carbons (Fsp3) is 0.464. The Hall–Kier alpha value is -3.97. The van der Waals surface area contributed by atoms with Crippen LogP contribution in [0, 0.1) is 18.8 Å². The van der Waals surface area contributed by atoms with Crippen LogP contribution >= 0.6 is 0 Å². The molecule has 1 unspecified atom stereocenters. The smallest absolute Gasteiger partial charge is 0.333 e. The van der Waals surface area contributed by atoms with Crippen LogP contribution in [0.2, 0.25) is 0 Å². The van der Waals surface area contributed by atoms with Gasteiger partial charge in [0.1, 0.15) is 0 Å². The lowest BCUT2D eigenvalue weighted by Crippen LogP contribution is -2.44. The molecule has 1 aliphatic rings. The maximum absolute atomic E-state index is 14.2. The number of rotatable bonds is 5. The van der Waals surface area contributed by atoms with Crippen molar-refractivity contribution in [3.8, 4) is 11.8 Å². The number of benzene rings is 1. The molecule has 0 aliphatic carbocycles. The molecule has 0 bridgehead atoms. The van der Waals surface area contributed by atoms with Crippen molar-refractivity contribution in [3.05, 3.63) is 56.6 Å². The fourth-order valence-electron chi connectivity index (χ4n) is 5.32. The van der Waals surface area contributed by atoms with Gasteiger partial charge in [0.05, 0.1) is 18.1 Å². The molecule has 38 heavy (non-hydrogen) atoms. The van der Waals surface area contributed by atoms with Gasteiger partial charge in [0.25, 0.3) is 5.56 Å². The second-order valence-electron chi connectivity index (χ2n) is 10.2. The zero-order chi connectivity index (χ0) is 27.1. The predicted octanol–water partition coefficient (Wildman–Crippen LogP) is 2.75. The molecule has 3 aromatic heterocycles. The zero-order valence-corrected chi connectivity index (χ0v) is 22.6. The summed E-state index contributed by atoms with van der Waals surface area (Å²) in [4.78, 5) is 44.5. The van der Waals surface area contributed by atoms with Crippen molar-refractivity contribution in [1.82, 2.24) is 28.7 Å². The van der Waals surface area contributed by atoms with Crippen LogP contribution in [-0.4, -0.2) is 47.8 Å². The lowest BCUT2D eigenvalue weighted by atomic mass is 10.1. The summed E-state index contributed by atoms with van der Waals surface area (Å²) in [5.41, 5.74) is 7.68. The van der Waals surface area contributed by atoms with Gasteiger partial charge in [0.2, 0.25) is 5.95 Å². The van der Waals surface area contributed by atoms with Crippen molar-refractivity contribution in [1.29, 1.82) is 0 Å². The van der Waals surface area contributed by atoms with Crippen LogP contribution in [0.3, 0.4) is 0 Å². The lowest BCUT2D eigenvalue weighted by Gasteiger charge is -2.31. The van der Waals surface area contributed by atoms with Gasteiger partial charge < -0.3 is 10.6 Å². The minimum atomic E-state index is -0.694. The Labute approximate surface area is 221 Å². The average molecular weight is 515 g/mol. The molecular weight excluding hydrogens is 480 g/mol. The predicted molar refractivity (Wildman–Crippen MR) is 150 cm³/mol. The molecule has 0 spiro atoms. The van der Waals surface area contributed by atoms with E-state index in [0.29, 0.717) is 29.5 Å². The third-order valence-corrected chi connectivity index (χ3v) is 7.23. The van der Waals surface area contributed by atoms with E-state index in [9.17, 15) is 9.59 Å². The van der Waals surface area contributed by atoms with Crippen LogP contribution in [0.5, 0.6) is 0 Å². The van der Waals surface area contributed by atoms with E-state index in [2.05, 4.69) is 21.7 Å². The molecule has 1 saturated heterocycles. The highest BCUT2D eigenvalue weighted by molar-refractivity contribution is 5.80. The van der Waals surface area contributed by atoms with Gasteiger partial charge in [0.15, 0.2) is 17.0 Å². The molecule has 4 aromatic rings. The summed E-state index contributed by atoms with van der Waals surface area (Å²) in [6.45, 7) is 11.0. The van der Waals surface area contributed by atoms with Gasteiger partial charge in [-0.15, -0.1) is 5.92 Å². The van der Waals surface area contributed by atoms with Crippen LogP contribution in [-0.2, 0) is 6.54 Å². The van der Waals surface area contributed by atoms with Crippen LogP contribution in [0.1, 0.15) is 64.1 Å². The highest BCUT2D eigenvalue weighted by atomic mass is 16.2. The Morgan fingerprint density at radius 3 is 2.58 bits per heavy atom. The number of imidazole rings is 1. The molecular formula is C28H34N8O2. The van der Waals surface area contributed by atoms with E-state index in [1.54, 1.807) is 18.4 Å². The molecule has 4 heterocycles. The minimum absolute atomic E-state index is 0.0199. The average Bonchev–Trinajstić information content (AvgIpc) is 3.26. The lowest BCUT2D eigenvalue weighted by molar-refractivity contribution is 0.489. The Kier molecular flexibility index (Phi) is 6.80. The van der Waals surface area contributed by atoms with Crippen LogP contribution < -0.4 is 21.9 Å². The van der Waals surface area contributed by atoms with Crippen molar-refractivity contribution in [2.24, 2.45) is 5.73 Å². The van der Waals surface area contributed by atoms with E-state index >= 15 is 0 Å². The number of hydrogen-bond donors (Lipinski definition) is 1. The number of hydrogen-bond acceptors (Lipinski definition) is 7. The molecule has 10 nitrogen and oxygen atoms in total. The molecule has 2 atom stereocenters. The van der Waals surface area contributed by atoms with Crippen molar-refractivity contribution in [3.63, 3.8) is 0 Å². The number of aryl methyl sites for hydroxylation is 1. The van der Waals surface area contributed by atoms with E-state index in [4.69, 9.17) is 15.7 Å². The first-order valence-electron chi connectivity index (χ1n) is 13.1. The molecule has 2 N–H and O–H groups in total. The van der Waals surface area contributed by atoms with Crippen LogP contribution in [0.15, 0.2) is 33.9 Å². The Morgan fingerprint density at radius 2 is 1.87 bits per heavy atom. The van der Waals surface area contributed by atoms with Gasteiger partial charge >= 0.3 is 5.69 Å². The monoisotopic (exact) mass is 514 g/mol. The Balaban J connectivity index is 1.79. The van der Waals surface area contributed by atoms with Crippen LogP contribution in [0.25, 0.3) is 22.1 Å². The van der Waals surface area contributed by atoms with E-state index in [1.807, 2.05) is 49.6 Å². The van der Waals surface area contributed by atoms with E-state index in [0.717, 1.165) is 36.0 Å². The van der Waals surface area contributed by atoms with Gasteiger partial charge in [-0.05, 0) is 53.5 Å². The maximum Gasteiger partial charge on any atom is 0.333 e. The van der Waals surface area contributed by atoms with Gasteiger partial charge in [-0.2, -0.15) is 4.98 Å². The Bertz CT molecular complexity index is 1700. The fourth-order valence-corrected chi connectivity index (χ4v) is 5.32. The highest BCUT2D eigenvalue weighted by Crippen LogP contribution is 2.25. The first kappa shape index (κ1) is 25.7. The van der Waals surface area contributed by atoms with Crippen LogP contribution in [0.4, 0.5) is 5.95 Å². The van der Waals surface area contributed by atoms with Crippen molar-refractivity contribution < 1.29 is 0 Å². The first-order valence-corrected chi connectivity index (χ1v) is 13.1. The minimum Gasteiger partial charge on any atom is -0.341 e. The number of nitrogens with two attached hydrogens (primary N) is 1. The zero-order valence-electron chi connectivity index (χ0n) is 22.6. The topological polar surface area (TPSA) is 117 Å². The number of nitrogens with zero attached hydrogens (tertiary/aromatic N) is 7. The van der Waals surface area contributed by atoms with Gasteiger partial charge in [-0.3, -0.25) is 13.9 Å². The van der Waals surface area contributed by atoms with Gasteiger partial charge in [-0.25, -0.2) is 19.3 Å². The highest BCUT2D eigenvalue weighted by Gasteiger charge is 2.29. The first-order chi connectivity index (χ1) is 18.2. The molecule has 198 valence electrons. The third kappa shape index (κ3) is 4.27. The van der Waals surface area contributed by atoms with E-state index in [-0.39, 0.29) is 18.6 Å². The van der Waals surface area contributed by atoms with Gasteiger partial charge in [-0.1, -0.05) is 24.1 Å². The van der Waals surface area contributed by atoms with E-state index in [1.165, 1.54) is 4.57 Å². The quantitative estimate of drug-likeness (QED) is 0.407.